The third-order valence-corrected chi connectivity index (χ3v) is 3.17. The van der Waals surface area contributed by atoms with Crippen LogP contribution in [-0.2, 0) is 4.79 Å². The molecule has 0 saturated carbocycles. The van der Waals surface area contributed by atoms with E-state index in [1.54, 1.807) is 21.1 Å². The van der Waals surface area contributed by atoms with Gasteiger partial charge in [-0.15, -0.1) is 0 Å². The highest BCUT2D eigenvalue weighted by Gasteiger charge is 2.01. The number of ether oxygens (including phenoxy) is 2. The molecule has 0 bridgehead atoms. The summed E-state index contributed by atoms with van der Waals surface area (Å²) < 4.78 is 10.4. The first kappa shape index (κ1) is 14.6. The summed E-state index contributed by atoms with van der Waals surface area (Å²) in [5.74, 6) is 2.37. The molecule has 0 unspecified atom stereocenters. The van der Waals surface area contributed by atoms with E-state index in [1.165, 1.54) is 11.8 Å². The smallest absolute Gasteiger partial charge is 0.185 e. The van der Waals surface area contributed by atoms with Gasteiger partial charge in [0.1, 0.15) is 11.5 Å². The van der Waals surface area contributed by atoms with Gasteiger partial charge in [0, 0.05) is 24.3 Å². The molecule has 0 aliphatic rings. The number of methoxy groups -OCH3 is 2. The molecule has 18 heavy (non-hydrogen) atoms. The van der Waals surface area contributed by atoms with Crippen molar-refractivity contribution in [3.05, 3.63) is 29.8 Å². The molecule has 1 rings (SSSR count). The van der Waals surface area contributed by atoms with Gasteiger partial charge in [-0.3, -0.25) is 4.79 Å². The van der Waals surface area contributed by atoms with E-state index in [-0.39, 0.29) is 5.12 Å². The maximum Gasteiger partial charge on any atom is 0.185 e. The van der Waals surface area contributed by atoms with E-state index in [9.17, 15) is 4.79 Å². The second kappa shape index (κ2) is 7.82. The van der Waals surface area contributed by atoms with Gasteiger partial charge in [-0.05, 0) is 18.6 Å². The largest absolute Gasteiger partial charge is 0.497 e. The van der Waals surface area contributed by atoms with Crippen LogP contribution in [0.2, 0.25) is 0 Å². The van der Waals surface area contributed by atoms with Crippen molar-refractivity contribution in [2.24, 2.45) is 0 Å². The molecule has 98 valence electrons. The summed E-state index contributed by atoms with van der Waals surface area (Å²) in [5.41, 5.74) is 1.01. The average Bonchev–Trinajstić information content (AvgIpc) is 2.38. The van der Waals surface area contributed by atoms with Crippen molar-refractivity contribution in [2.75, 3.05) is 20.0 Å². The first-order valence-electron chi connectivity index (χ1n) is 5.69. The quantitative estimate of drug-likeness (QED) is 0.739. The zero-order chi connectivity index (χ0) is 13.4. The molecule has 0 atom stereocenters. The van der Waals surface area contributed by atoms with E-state index in [0.29, 0.717) is 0 Å². The minimum Gasteiger partial charge on any atom is -0.497 e. The Kier molecular flexibility index (Phi) is 6.36. The lowest BCUT2D eigenvalue weighted by Crippen LogP contribution is -1.89. The van der Waals surface area contributed by atoms with E-state index in [1.807, 2.05) is 30.4 Å². The van der Waals surface area contributed by atoms with E-state index in [2.05, 4.69) is 0 Å². The standard InChI is InChI=1S/C14H18O3S/c1-11(15)18-9-5-4-6-12-7-8-13(16-2)10-14(12)17-3/h4,6-8,10H,5,9H2,1-3H3. The van der Waals surface area contributed by atoms with Crippen LogP contribution in [0.15, 0.2) is 24.3 Å². The number of rotatable bonds is 6. The summed E-state index contributed by atoms with van der Waals surface area (Å²) in [7, 11) is 3.26. The predicted molar refractivity (Wildman–Crippen MR) is 76.3 cm³/mol. The summed E-state index contributed by atoms with van der Waals surface area (Å²) in [4.78, 5) is 10.8. The Morgan fingerprint density at radius 2 is 2.11 bits per heavy atom. The lowest BCUT2D eigenvalue weighted by atomic mass is 10.1. The zero-order valence-electron chi connectivity index (χ0n) is 10.9. The van der Waals surface area contributed by atoms with Crippen LogP contribution in [0.4, 0.5) is 0 Å². The zero-order valence-corrected chi connectivity index (χ0v) is 11.8. The Labute approximate surface area is 112 Å². The van der Waals surface area contributed by atoms with Crippen molar-refractivity contribution in [2.45, 2.75) is 13.3 Å². The van der Waals surface area contributed by atoms with Gasteiger partial charge in [-0.1, -0.05) is 23.9 Å². The molecule has 0 aliphatic heterocycles. The van der Waals surface area contributed by atoms with Crippen LogP contribution >= 0.6 is 11.8 Å². The highest BCUT2D eigenvalue weighted by molar-refractivity contribution is 8.13. The Hall–Kier alpha value is -1.42. The molecule has 4 heteroatoms. The van der Waals surface area contributed by atoms with Gasteiger partial charge >= 0.3 is 0 Å². The van der Waals surface area contributed by atoms with E-state index >= 15 is 0 Å². The number of carbonyl (C=O) groups excluding carboxylic acids is 1. The normalized spacial score (nSPS) is 10.6. The average molecular weight is 266 g/mol. The van der Waals surface area contributed by atoms with E-state index < -0.39 is 0 Å². The Bertz CT molecular complexity index is 427. The number of allylic oxidation sites excluding steroid dienone is 1. The summed E-state index contributed by atoms with van der Waals surface area (Å²) in [6.07, 6.45) is 4.90. The third-order valence-electron chi connectivity index (χ3n) is 2.33. The first-order valence-corrected chi connectivity index (χ1v) is 6.68. The van der Waals surface area contributed by atoms with Crippen molar-refractivity contribution in [1.82, 2.24) is 0 Å². The second-order valence-corrected chi connectivity index (χ2v) is 4.91. The van der Waals surface area contributed by atoms with E-state index in [0.717, 1.165) is 29.2 Å². The molecule has 0 aromatic heterocycles. The molecule has 0 spiro atoms. The maximum absolute atomic E-state index is 10.8. The number of hydrogen-bond acceptors (Lipinski definition) is 4. The maximum atomic E-state index is 10.8. The fourth-order valence-corrected chi connectivity index (χ4v) is 1.98. The first-order chi connectivity index (χ1) is 8.67. The number of benzene rings is 1. The highest BCUT2D eigenvalue weighted by atomic mass is 32.2. The fourth-order valence-electron chi connectivity index (χ4n) is 1.44. The molecule has 1 aromatic carbocycles. The molecule has 0 saturated heterocycles. The van der Waals surface area contributed by atoms with Crippen LogP contribution in [0.5, 0.6) is 11.5 Å². The topological polar surface area (TPSA) is 35.5 Å². The monoisotopic (exact) mass is 266 g/mol. The van der Waals surface area contributed by atoms with Crippen molar-refractivity contribution < 1.29 is 14.3 Å². The molecule has 1 aromatic rings. The van der Waals surface area contributed by atoms with Crippen molar-refractivity contribution in [1.29, 1.82) is 0 Å². The van der Waals surface area contributed by atoms with Gasteiger partial charge in [-0.25, -0.2) is 0 Å². The second-order valence-electron chi connectivity index (χ2n) is 3.64. The highest BCUT2D eigenvalue weighted by Crippen LogP contribution is 2.25. The lowest BCUT2D eigenvalue weighted by Gasteiger charge is -2.07. The summed E-state index contributed by atoms with van der Waals surface area (Å²) in [5, 5.41) is 0.158. The Morgan fingerprint density at radius 3 is 2.72 bits per heavy atom. The van der Waals surface area contributed by atoms with Crippen LogP contribution in [0.25, 0.3) is 6.08 Å². The van der Waals surface area contributed by atoms with Gasteiger partial charge in [0.15, 0.2) is 5.12 Å². The number of carbonyl (C=O) groups is 1. The number of hydrogen-bond donors (Lipinski definition) is 0. The molecule has 0 heterocycles. The van der Waals surface area contributed by atoms with Gasteiger partial charge in [0.25, 0.3) is 0 Å². The predicted octanol–water partition coefficient (Wildman–Crippen LogP) is 3.39. The lowest BCUT2D eigenvalue weighted by molar-refractivity contribution is -0.109. The molecule has 0 aliphatic carbocycles. The van der Waals surface area contributed by atoms with Gasteiger partial charge in [0.05, 0.1) is 14.2 Å². The summed E-state index contributed by atoms with van der Waals surface area (Å²) in [6.45, 7) is 1.58. The SMILES string of the molecule is COc1ccc(C=CCCSC(C)=O)c(OC)c1. The van der Waals surface area contributed by atoms with Crippen LogP contribution in [0.3, 0.4) is 0 Å². The Balaban J connectivity index is 2.60. The van der Waals surface area contributed by atoms with Crippen molar-refractivity contribution in [3.8, 4) is 11.5 Å². The molecule has 0 radical (unpaired) electrons. The van der Waals surface area contributed by atoms with Crippen molar-refractivity contribution in [3.63, 3.8) is 0 Å². The van der Waals surface area contributed by atoms with Gasteiger partial charge in [-0.2, -0.15) is 0 Å². The van der Waals surface area contributed by atoms with Gasteiger partial charge < -0.3 is 9.47 Å². The summed E-state index contributed by atoms with van der Waals surface area (Å²) in [6, 6.07) is 5.70. The third kappa shape index (κ3) is 4.84. The van der Waals surface area contributed by atoms with Crippen molar-refractivity contribution >= 4 is 23.0 Å². The summed E-state index contributed by atoms with van der Waals surface area (Å²) >= 11 is 1.34. The molecule has 0 amide bonds. The van der Waals surface area contributed by atoms with E-state index in [4.69, 9.17) is 9.47 Å². The molecule has 0 N–H and O–H groups in total. The van der Waals surface area contributed by atoms with Crippen LogP contribution < -0.4 is 9.47 Å². The fraction of sp³-hybridized carbons (Fsp3) is 0.357. The minimum atomic E-state index is 0.158. The Morgan fingerprint density at radius 1 is 1.33 bits per heavy atom. The molecular formula is C14H18O3S. The minimum absolute atomic E-state index is 0.158. The van der Waals surface area contributed by atoms with Crippen LogP contribution in [-0.4, -0.2) is 25.1 Å². The molecule has 3 nitrogen and oxygen atoms in total. The van der Waals surface area contributed by atoms with Crippen LogP contribution in [0, 0.1) is 0 Å². The number of thioether (sulfide) groups is 1. The molecule has 0 fully saturated rings. The van der Waals surface area contributed by atoms with Crippen LogP contribution in [0.1, 0.15) is 18.9 Å². The van der Waals surface area contributed by atoms with Gasteiger partial charge in [0.2, 0.25) is 0 Å². The molecular weight excluding hydrogens is 248 g/mol.